The summed E-state index contributed by atoms with van der Waals surface area (Å²) in [4.78, 5) is 18.5. The molecule has 2 bridgehead atoms. The zero-order valence-electron chi connectivity index (χ0n) is 26.8. The molecule has 2 aromatic rings. The molecule has 0 spiro atoms. The highest BCUT2D eigenvalue weighted by molar-refractivity contribution is 5.91. The number of ether oxygens (including phenoxy) is 5. The van der Waals surface area contributed by atoms with Crippen molar-refractivity contribution in [2.75, 3.05) is 48.2 Å². The molecule has 0 aliphatic carbocycles. The Hall–Kier alpha value is -3.43. The number of hydrogen-bond donors (Lipinski definition) is 1. The minimum Gasteiger partial charge on any atom is -0.507 e. The predicted octanol–water partition coefficient (Wildman–Crippen LogP) is 5.87. The zero-order valence-corrected chi connectivity index (χ0v) is 26.8. The van der Waals surface area contributed by atoms with Crippen LogP contribution < -0.4 is 18.9 Å². The largest absolute Gasteiger partial charge is 0.507 e. The molecular formula is C34H46N2O7. The summed E-state index contributed by atoms with van der Waals surface area (Å²) in [5.74, 6) is 2.50. The number of benzene rings is 2. The molecule has 1 amide bonds. The Balaban J connectivity index is 1.77. The number of nitrogens with zero attached hydrogens (tertiary/aromatic N) is 2. The molecule has 1 fully saturated rings. The maximum atomic E-state index is 14.5. The third-order valence-corrected chi connectivity index (χ3v) is 9.12. The van der Waals surface area contributed by atoms with Gasteiger partial charge in [0.05, 0.1) is 52.7 Å². The molecule has 3 aliphatic heterocycles. The van der Waals surface area contributed by atoms with Crippen molar-refractivity contribution in [1.29, 1.82) is 0 Å². The Kier molecular flexibility index (Phi) is 9.13. The standard InChI is InChI=1S/C34H46N2O7/c1-9-11-13-42-18-25-27-22(29(37)20(4)31(40-7)32(27)41-8)17-23-28-26-21(16-24(35(28)5)34(38)36(23)25)15-19(3)30(39-6)33(26)43-14-12-10-2/h15,17,24-25,28,37H,9-14,16,18H2,1-8H3/t24?,25-,28?/m0/s1. The molecule has 3 atom stereocenters. The lowest BCUT2D eigenvalue weighted by molar-refractivity contribution is -0.145. The van der Waals surface area contributed by atoms with Gasteiger partial charge in [-0.3, -0.25) is 9.69 Å². The second kappa shape index (κ2) is 12.7. The predicted molar refractivity (Wildman–Crippen MR) is 165 cm³/mol. The van der Waals surface area contributed by atoms with Gasteiger partial charge in [0.1, 0.15) is 5.75 Å². The number of carbonyl (C=O) groups is 1. The first-order chi connectivity index (χ1) is 20.7. The van der Waals surface area contributed by atoms with E-state index in [1.54, 1.807) is 21.3 Å². The smallest absolute Gasteiger partial charge is 0.245 e. The number of unbranched alkanes of at least 4 members (excludes halogenated alkanes) is 2. The molecule has 1 saturated heterocycles. The van der Waals surface area contributed by atoms with Gasteiger partial charge < -0.3 is 33.7 Å². The van der Waals surface area contributed by atoms with E-state index in [1.165, 1.54) is 0 Å². The van der Waals surface area contributed by atoms with Gasteiger partial charge >= 0.3 is 0 Å². The van der Waals surface area contributed by atoms with Gasteiger partial charge in [-0.25, -0.2) is 0 Å². The molecule has 9 nitrogen and oxygen atoms in total. The Morgan fingerprint density at radius 1 is 0.930 bits per heavy atom. The summed E-state index contributed by atoms with van der Waals surface area (Å²) in [7, 11) is 6.83. The normalized spacial score (nSPS) is 20.7. The molecule has 0 radical (unpaired) electrons. The lowest BCUT2D eigenvalue weighted by Gasteiger charge is -2.53. The van der Waals surface area contributed by atoms with Crippen LogP contribution in [0.3, 0.4) is 0 Å². The summed E-state index contributed by atoms with van der Waals surface area (Å²) >= 11 is 0. The lowest BCUT2D eigenvalue weighted by Crippen LogP contribution is -2.60. The van der Waals surface area contributed by atoms with Crippen LogP contribution in [0.15, 0.2) is 11.8 Å². The van der Waals surface area contributed by atoms with Gasteiger partial charge in [-0.05, 0) is 57.4 Å². The van der Waals surface area contributed by atoms with Crippen LogP contribution in [0.5, 0.6) is 28.7 Å². The number of hydrogen-bond acceptors (Lipinski definition) is 8. The van der Waals surface area contributed by atoms with Crippen LogP contribution >= 0.6 is 0 Å². The summed E-state index contributed by atoms with van der Waals surface area (Å²) in [6.45, 7) is 9.49. The topological polar surface area (TPSA) is 89.9 Å². The molecule has 5 rings (SSSR count). The highest BCUT2D eigenvalue weighted by Crippen LogP contribution is 2.57. The van der Waals surface area contributed by atoms with E-state index in [1.807, 2.05) is 31.9 Å². The molecular weight excluding hydrogens is 548 g/mol. The molecule has 3 aliphatic rings. The number of aryl methyl sites for hydroxylation is 1. The molecule has 9 heteroatoms. The van der Waals surface area contributed by atoms with Gasteiger partial charge in [0.15, 0.2) is 23.0 Å². The molecule has 1 N–H and O–H groups in total. The van der Waals surface area contributed by atoms with Crippen LogP contribution in [-0.4, -0.2) is 75.1 Å². The van der Waals surface area contributed by atoms with Crippen molar-refractivity contribution in [2.45, 2.75) is 77.9 Å². The quantitative estimate of drug-likeness (QED) is 0.306. The van der Waals surface area contributed by atoms with Crippen molar-refractivity contribution in [3.05, 3.63) is 45.1 Å². The number of phenols is 1. The van der Waals surface area contributed by atoms with Crippen LogP contribution in [0.1, 0.15) is 85.0 Å². The van der Waals surface area contributed by atoms with Crippen molar-refractivity contribution in [3.63, 3.8) is 0 Å². The third kappa shape index (κ3) is 5.00. The van der Waals surface area contributed by atoms with E-state index in [-0.39, 0.29) is 30.3 Å². The van der Waals surface area contributed by atoms with E-state index in [2.05, 4.69) is 24.8 Å². The molecule has 0 saturated carbocycles. The highest BCUT2D eigenvalue weighted by atomic mass is 16.5. The van der Waals surface area contributed by atoms with E-state index in [0.717, 1.165) is 53.8 Å². The number of methoxy groups -OCH3 is 3. The Labute approximate surface area is 255 Å². The number of carbonyl (C=O) groups excluding carboxylic acids is 1. The minimum absolute atomic E-state index is 0.00611. The van der Waals surface area contributed by atoms with Crippen molar-refractivity contribution in [1.82, 2.24) is 9.80 Å². The summed E-state index contributed by atoms with van der Waals surface area (Å²) in [6.07, 6.45) is 6.33. The summed E-state index contributed by atoms with van der Waals surface area (Å²) in [5, 5.41) is 11.6. The fourth-order valence-electron chi connectivity index (χ4n) is 6.95. The van der Waals surface area contributed by atoms with Crippen LogP contribution in [0.2, 0.25) is 0 Å². The molecule has 0 aromatic heterocycles. The maximum absolute atomic E-state index is 14.5. The molecule has 43 heavy (non-hydrogen) atoms. The van der Waals surface area contributed by atoms with Crippen LogP contribution in [-0.2, 0) is 16.0 Å². The average molecular weight is 595 g/mol. The van der Waals surface area contributed by atoms with Gasteiger partial charge in [-0.15, -0.1) is 0 Å². The molecule has 234 valence electrons. The number of likely N-dealkylation sites (N-methyl/N-ethyl adjacent to an activating group) is 1. The Morgan fingerprint density at radius 2 is 1.60 bits per heavy atom. The van der Waals surface area contributed by atoms with E-state index in [0.29, 0.717) is 53.6 Å². The zero-order chi connectivity index (χ0) is 31.0. The van der Waals surface area contributed by atoms with E-state index >= 15 is 0 Å². The van der Waals surface area contributed by atoms with Crippen LogP contribution in [0, 0.1) is 13.8 Å². The van der Waals surface area contributed by atoms with Crippen LogP contribution in [0.4, 0.5) is 0 Å². The van der Waals surface area contributed by atoms with Gasteiger partial charge in [0.2, 0.25) is 5.91 Å². The van der Waals surface area contributed by atoms with Crippen molar-refractivity contribution < 1.29 is 33.6 Å². The van der Waals surface area contributed by atoms with Crippen molar-refractivity contribution in [3.8, 4) is 28.7 Å². The fourth-order valence-corrected chi connectivity index (χ4v) is 6.95. The Morgan fingerprint density at radius 3 is 2.26 bits per heavy atom. The monoisotopic (exact) mass is 594 g/mol. The van der Waals surface area contributed by atoms with Gasteiger partial charge in [-0.2, -0.15) is 0 Å². The van der Waals surface area contributed by atoms with Gasteiger partial charge in [0, 0.05) is 34.6 Å². The van der Waals surface area contributed by atoms with Gasteiger partial charge in [-0.1, -0.05) is 32.8 Å². The second-order valence-corrected chi connectivity index (χ2v) is 11.7. The van der Waals surface area contributed by atoms with E-state index in [9.17, 15) is 9.90 Å². The average Bonchev–Trinajstić information content (AvgIpc) is 2.99. The number of aromatic hydroxyl groups is 1. The molecule has 3 heterocycles. The summed E-state index contributed by atoms with van der Waals surface area (Å²) < 4.78 is 30.3. The first-order valence-electron chi connectivity index (χ1n) is 15.4. The van der Waals surface area contributed by atoms with Crippen molar-refractivity contribution >= 4 is 12.0 Å². The lowest BCUT2D eigenvalue weighted by atomic mass is 9.78. The summed E-state index contributed by atoms with van der Waals surface area (Å²) in [5.41, 5.74) is 5.73. The summed E-state index contributed by atoms with van der Waals surface area (Å²) in [6, 6.07) is 0.926. The second-order valence-electron chi connectivity index (χ2n) is 11.7. The van der Waals surface area contributed by atoms with Crippen molar-refractivity contribution in [2.24, 2.45) is 0 Å². The number of phenolic OH excluding ortho intramolecular Hbond substituents is 1. The maximum Gasteiger partial charge on any atom is 0.245 e. The minimum atomic E-state index is -0.522. The molecule has 2 aromatic carbocycles. The fraction of sp³-hybridized carbons (Fsp3) is 0.559. The van der Waals surface area contributed by atoms with E-state index in [4.69, 9.17) is 23.7 Å². The number of fused-ring (bicyclic) bond motifs is 7. The Bertz CT molecular complexity index is 1420. The number of rotatable bonds is 12. The van der Waals surface area contributed by atoms with Gasteiger partial charge in [0.25, 0.3) is 0 Å². The number of piperazine rings is 1. The highest BCUT2D eigenvalue weighted by Gasteiger charge is 2.53. The van der Waals surface area contributed by atoms with E-state index < -0.39 is 6.04 Å². The first-order valence-corrected chi connectivity index (χ1v) is 15.4. The number of amides is 1. The SMILES string of the molecule is CCCCOC[C@H]1c2c(c(O)c(C)c(OC)c2OC)C=C2C3c4c(cc(C)c(OC)c4OCCCC)CC(C(=O)N21)N3C. The third-order valence-electron chi connectivity index (χ3n) is 9.12. The first kappa shape index (κ1) is 31.0. The van der Waals surface area contributed by atoms with Crippen LogP contribution in [0.25, 0.3) is 6.08 Å². The molecule has 2 unspecified atom stereocenters.